The molecule has 7 nitrogen and oxygen atoms in total. The Morgan fingerprint density at radius 2 is 2.07 bits per heavy atom. The molecule has 0 spiro atoms. The second-order valence-electron chi connectivity index (χ2n) is 6.87. The van der Waals surface area contributed by atoms with Gasteiger partial charge in [0.1, 0.15) is 18.2 Å². The molecule has 1 saturated heterocycles. The Hall–Kier alpha value is -2.90. The average Bonchev–Trinajstić information content (AvgIpc) is 3.22. The van der Waals surface area contributed by atoms with Gasteiger partial charge in [-0.25, -0.2) is 4.98 Å². The van der Waals surface area contributed by atoms with Crippen LogP contribution in [-0.2, 0) is 6.61 Å². The third-order valence-electron chi connectivity index (χ3n) is 4.96. The molecule has 0 amide bonds. The van der Waals surface area contributed by atoms with Crippen molar-refractivity contribution in [1.29, 1.82) is 0 Å². The summed E-state index contributed by atoms with van der Waals surface area (Å²) in [7, 11) is 0. The second-order valence-corrected chi connectivity index (χ2v) is 7.31. The van der Waals surface area contributed by atoms with Crippen molar-refractivity contribution in [2.24, 2.45) is 0 Å². The smallest absolute Gasteiger partial charge is 0.258 e. The fraction of sp³-hybridized carbons (Fsp3) is 0.286. The first-order valence-electron chi connectivity index (χ1n) is 9.44. The quantitative estimate of drug-likeness (QED) is 0.670. The molecule has 1 aliphatic rings. The summed E-state index contributed by atoms with van der Waals surface area (Å²) in [5.41, 5.74) is 1.18. The summed E-state index contributed by atoms with van der Waals surface area (Å²) in [5, 5.41) is 10.0. The Morgan fingerprint density at radius 3 is 2.76 bits per heavy atom. The molecular weight excluding hydrogens is 392 g/mol. The number of aliphatic hydroxyl groups excluding tert-OH is 1. The average molecular weight is 413 g/mol. The molecule has 1 N–H and O–H groups in total. The van der Waals surface area contributed by atoms with Crippen LogP contribution in [0, 0.1) is 0 Å². The lowest BCUT2D eigenvalue weighted by Crippen LogP contribution is -2.32. The van der Waals surface area contributed by atoms with Crippen molar-refractivity contribution in [3.05, 3.63) is 76.1 Å². The summed E-state index contributed by atoms with van der Waals surface area (Å²) in [4.78, 5) is 23.3. The van der Waals surface area contributed by atoms with Crippen molar-refractivity contribution >= 4 is 17.4 Å². The van der Waals surface area contributed by atoms with Crippen LogP contribution >= 0.6 is 11.6 Å². The highest BCUT2D eigenvalue weighted by molar-refractivity contribution is 6.30. The zero-order valence-electron chi connectivity index (χ0n) is 15.7. The molecule has 0 aromatic carbocycles. The van der Waals surface area contributed by atoms with Crippen molar-refractivity contribution in [3.8, 4) is 11.4 Å². The van der Waals surface area contributed by atoms with E-state index in [0.29, 0.717) is 16.5 Å². The molecule has 1 unspecified atom stereocenters. The molecule has 29 heavy (non-hydrogen) atoms. The van der Waals surface area contributed by atoms with Gasteiger partial charge in [-0.15, -0.1) is 0 Å². The number of aromatic nitrogens is 3. The highest BCUT2D eigenvalue weighted by Crippen LogP contribution is 2.24. The molecule has 1 fully saturated rings. The molecule has 0 radical (unpaired) electrons. The van der Waals surface area contributed by atoms with E-state index in [1.54, 1.807) is 36.8 Å². The molecule has 150 valence electrons. The van der Waals surface area contributed by atoms with Gasteiger partial charge in [-0.1, -0.05) is 11.6 Å². The molecule has 1 aliphatic heterocycles. The van der Waals surface area contributed by atoms with Crippen LogP contribution in [0.3, 0.4) is 0 Å². The summed E-state index contributed by atoms with van der Waals surface area (Å²) in [6.45, 7) is 1.25. The van der Waals surface area contributed by atoms with Crippen LogP contribution in [0.5, 0.6) is 5.75 Å². The van der Waals surface area contributed by atoms with Crippen LogP contribution in [0.1, 0.15) is 18.5 Å². The standard InChI is InChI=1S/C21H21ClN4O3/c22-15-3-4-16(23-11-15)14-29-19-7-9-26(21(28)10-19)17-5-6-20(24-12-17)25-8-1-2-18(25)13-27/h3-7,9-12,18,27H,1-2,8,13-14H2. The zero-order valence-corrected chi connectivity index (χ0v) is 16.5. The summed E-state index contributed by atoms with van der Waals surface area (Å²) in [5.74, 6) is 1.28. The first kappa shape index (κ1) is 19.4. The maximum absolute atomic E-state index is 12.5. The van der Waals surface area contributed by atoms with Gasteiger partial charge in [-0.05, 0) is 43.2 Å². The number of pyridine rings is 3. The lowest BCUT2D eigenvalue weighted by atomic mass is 10.2. The highest BCUT2D eigenvalue weighted by Gasteiger charge is 2.24. The largest absolute Gasteiger partial charge is 0.487 e. The minimum Gasteiger partial charge on any atom is -0.487 e. The normalized spacial score (nSPS) is 16.2. The molecule has 0 aliphatic carbocycles. The number of rotatable bonds is 6. The molecular formula is C21H21ClN4O3. The lowest BCUT2D eigenvalue weighted by Gasteiger charge is -2.24. The second kappa shape index (κ2) is 8.63. The predicted molar refractivity (Wildman–Crippen MR) is 111 cm³/mol. The number of aliphatic hydroxyl groups is 1. The summed E-state index contributed by atoms with van der Waals surface area (Å²) in [6, 6.07) is 10.5. The van der Waals surface area contributed by atoms with Crippen LogP contribution in [0.15, 0.2) is 59.8 Å². The van der Waals surface area contributed by atoms with Gasteiger partial charge >= 0.3 is 0 Å². The van der Waals surface area contributed by atoms with Crippen LogP contribution in [-0.4, -0.2) is 38.8 Å². The van der Waals surface area contributed by atoms with Gasteiger partial charge in [-0.2, -0.15) is 0 Å². The van der Waals surface area contributed by atoms with E-state index >= 15 is 0 Å². The molecule has 3 aromatic rings. The summed E-state index contributed by atoms with van der Waals surface area (Å²) in [6.07, 6.45) is 6.89. The fourth-order valence-corrected chi connectivity index (χ4v) is 3.54. The fourth-order valence-electron chi connectivity index (χ4n) is 3.43. The molecule has 1 atom stereocenters. The van der Waals surface area contributed by atoms with Crippen molar-refractivity contribution < 1.29 is 9.84 Å². The third-order valence-corrected chi connectivity index (χ3v) is 5.18. The third kappa shape index (κ3) is 4.41. The van der Waals surface area contributed by atoms with Crippen LogP contribution in [0.2, 0.25) is 5.02 Å². The Balaban J connectivity index is 1.46. The number of nitrogens with zero attached hydrogens (tertiary/aromatic N) is 4. The van der Waals surface area contributed by atoms with Gasteiger partial charge in [0, 0.05) is 25.0 Å². The Labute approximate surface area is 173 Å². The Kier molecular flexibility index (Phi) is 5.78. The maximum Gasteiger partial charge on any atom is 0.258 e. The minimum absolute atomic E-state index is 0.114. The van der Waals surface area contributed by atoms with Crippen molar-refractivity contribution in [2.75, 3.05) is 18.1 Å². The van der Waals surface area contributed by atoms with Crippen LogP contribution < -0.4 is 15.2 Å². The topological polar surface area (TPSA) is 80.5 Å². The van der Waals surface area contributed by atoms with Gasteiger partial charge in [0.15, 0.2) is 0 Å². The van der Waals surface area contributed by atoms with E-state index < -0.39 is 0 Å². The van der Waals surface area contributed by atoms with Gasteiger partial charge in [0.05, 0.1) is 35.2 Å². The molecule has 4 heterocycles. The highest BCUT2D eigenvalue weighted by atomic mass is 35.5. The molecule has 8 heteroatoms. The first-order chi connectivity index (χ1) is 14.1. The first-order valence-corrected chi connectivity index (χ1v) is 9.82. The summed E-state index contributed by atoms with van der Waals surface area (Å²) < 4.78 is 7.16. The van der Waals surface area contributed by atoms with E-state index in [2.05, 4.69) is 14.9 Å². The van der Waals surface area contributed by atoms with Crippen molar-refractivity contribution in [1.82, 2.24) is 14.5 Å². The predicted octanol–water partition coefficient (Wildman–Crippen LogP) is 2.82. The van der Waals surface area contributed by atoms with Crippen molar-refractivity contribution in [3.63, 3.8) is 0 Å². The zero-order chi connectivity index (χ0) is 20.2. The molecule has 4 rings (SSSR count). The molecule has 0 bridgehead atoms. The number of hydrogen-bond donors (Lipinski definition) is 1. The number of ether oxygens (including phenoxy) is 1. The van der Waals surface area contributed by atoms with E-state index in [9.17, 15) is 9.90 Å². The lowest BCUT2D eigenvalue weighted by molar-refractivity contribution is 0.266. The van der Waals surface area contributed by atoms with Gasteiger partial charge < -0.3 is 14.7 Å². The van der Waals surface area contributed by atoms with Crippen molar-refractivity contribution in [2.45, 2.75) is 25.5 Å². The SMILES string of the molecule is O=c1cc(OCc2ccc(Cl)cn2)ccn1-c1ccc(N2CCCC2CO)nc1. The van der Waals surface area contributed by atoms with E-state index in [4.69, 9.17) is 16.3 Å². The minimum atomic E-state index is -0.212. The maximum atomic E-state index is 12.5. The monoisotopic (exact) mass is 412 g/mol. The van der Waals surface area contributed by atoms with E-state index in [1.165, 1.54) is 10.6 Å². The number of hydrogen-bond acceptors (Lipinski definition) is 6. The van der Waals surface area contributed by atoms with E-state index in [0.717, 1.165) is 30.9 Å². The molecule has 0 saturated carbocycles. The summed E-state index contributed by atoms with van der Waals surface area (Å²) >= 11 is 5.82. The van der Waals surface area contributed by atoms with Gasteiger partial charge in [-0.3, -0.25) is 14.3 Å². The van der Waals surface area contributed by atoms with Crippen LogP contribution in [0.25, 0.3) is 5.69 Å². The van der Waals surface area contributed by atoms with E-state index in [-0.39, 0.29) is 24.8 Å². The molecule has 3 aromatic heterocycles. The Morgan fingerprint density at radius 1 is 1.17 bits per heavy atom. The van der Waals surface area contributed by atoms with E-state index in [1.807, 2.05) is 12.1 Å². The number of anilines is 1. The van der Waals surface area contributed by atoms with Gasteiger partial charge in [0.25, 0.3) is 5.56 Å². The Bertz CT molecular complexity index is 1020. The van der Waals surface area contributed by atoms with Gasteiger partial charge in [0.2, 0.25) is 0 Å². The van der Waals surface area contributed by atoms with Crippen LogP contribution in [0.4, 0.5) is 5.82 Å². The number of halogens is 1.